The first-order valence-electron chi connectivity index (χ1n) is 11.7. The zero-order valence-corrected chi connectivity index (χ0v) is 20.5. The molecule has 34 heavy (non-hydrogen) atoms. The van der Waals surface area contributed by atoms with Gasteiger partial charge in [0.2, 0.25) is 0 Å². The minimum atomic E-state index is -1.03. The maximum absolute atomic E-state index is 13.6. The summed E-state index contributed by atoms with van der Waals surface area (Å²) < 4.78 is 18.8. The van der Waals surface area contributed by atoms with Gasteiger partial charge in [-0.15, -0.1) is 0 Å². The van der Waals surface area contributed by atoms with Gasteiger partial charge in [0, 0.05) is 24.1 Å². The normalized spacial score (nSPS) is 18.9. The molecule has 0 radical (unpaired) electrons. The van der Waals surface area contributed by atoms with E-state index in [9.17, 15) is 19.1 Å². The van der Waals surface area contributed by atoms with E-state index in [-0.39, 0.29) is 42.4 Å². The minimum Gasteiger partial charge on any atom is -0.460 e. The second-order valence-electron chi connectivity index (χ2n) is 10.0. The molecule has 0 fully saturated rings. The Morgan fingerprint density at radius 1 is 1.12 bits per heavy atom. The van der Waals surface area contributed by atoms with E-state index in [4.69, 9.17) is 4.74 Å². The van der Waals surface area contributed by atoms with Crippen molar-refractivity contribution in [1.82, 2.24) is 0 Å². The number of halogens is 1. The van der Waals surface area contributed by atoms with Crippen LogP contribution >= 0.6 is 0 Å². The van der Waals surface area contributed by atoms with Crippen LogP contribution in [-0.4, -0.2) is 40.6 Å². The number of benzene rings is 2. The van der Waals surface area contributed by atoms with Crippen molar-refractivity contribution in [3.8, 4) is 0 Å². The van der Waals surface area contributed by atoms with Crippen LogP contribution in [0.5, 0.6) is 0 Å². The molecule has 0 aliphatic carbocycles. The van der Waals surface area contributed by atoms with Crippen molar-refractivity contribution < 1.29 is 23.8 Å². The number of ether oxygens (including phenoxy) is 1. The Hall–Kier alpha value is -2.99. The number of nitrogens with zero attached hydrogens (tertiary/aromatic N) is 1. The molecule has 0 bridgehead atoms. The lowest BCUT2D eigenvalue weighted by atomic mass is 9.87. The van der Waals surface area contributed by atoms with Gasteiger partial charge >= 0.3 is 5.97 Å². The Bertz CT molecular complexity index is 1040. The molecule has 5 nitrogen and oxygen atoms in total. The SMILES string of the molecule is CC(C)N1c2ccccc2C(c2ccc(F)cc2)C1C=CC(O)CC(=O)CC(=O)OC(C)(C)C. The monoisotopic (exact) mass is 467 g/mol. The van der Waals surface area contributed by atoms with Crippen LogP contribution in [0.15, 0.2) is 60.7 Å². The van der Waals surface area contributed by atoms with E-state index in [1.165, 1.54) is 12.1 Å². The van der Waals surface area contributed by atoms with Crippen LogP contribution in [0, 0.1) is 5.82 Å². The smallest absolute Gasteiger partial charge is 0.313 e. The van der Waals surface area contributed by atoms with Crippen molar-refractivity contribution in [3.63, 3.8) is 0 Å². The first-order chi connectivity index (χ1) is 16.0. The molecule has 1 heterocycles. The van der Waals surface area contributed by atoms with Crippen molar-refractivity contribution in [2.75, 3.05) is 4.90 Å². The molecule has 1 aliphatic heterocycles. The summed E-state index contributed by atoms with van der Waals surface area (Å²) in [7, 11) is 0. The second kappa shape index (κ2) is 10.5. The fourth-order valence-corrected chi connectivity index (χ4v) is 4.52. The van der Waals surface area contributed by atoms with Crippen LogP contribution in [0.1, 0.15) is 64.5 Å². The lowest BCUT2D eigenvalue weighted by molar-refractivity contribution is -0.156. The third-order valence-electron chi connectivity index (χ3n) is 5.73. The molecule has 3 atom stereocenters. The first kappa shape index (κ1) is 25.6. The Morgan fingerprint density at radius 2 is 1.76 bits per heavy atom. The lowest BCUT2D eigenvalue weighted by Gasteiger charge is -2.32. The molecule has 2 aromatic carbocycles. The van der Waals surface area contributed by atoms with Gasteiger partial charge in [0.15, 0.2) is 0 Å². The molecular formula is C28H34FNO4. The van der Waals surface area contributed by atoms with Crippen molar-refractivity contribution in [2.45, 2.75) is 77.2 Å². The van der Waals surface area contributed by atoms with Gasteiger partial charge in [-0.2, -0.15) is 0 Å². The van der Waals surface area contributed by atoms with Crippen molar-refractivity contribution in [2.24, 2.45) is 0 Å². The van der Waals surface area contributed by atoms with Crippen molar-refractivity contribution in [1.29, 1.82) is 0 Å². The summed E-state index contributed by atoms with van der Waals surface area (Å²) in [5.74, 6) is -1.32. The van der Waals surface area contributed by atoms with Gasteiger partial charge in [0.05, 0.1) is 12.1 Å². The Balaban J connectivity index is 1.80. The highest BCUT2D eigenvalue weighted by Crippen LogP contribution is 2.46. The molecule has 2 aromatic rings. The van der Waals surface area contributed by atoms with Gasteiger partial charge in [-0.1, -0.05) is 42.5 Å². The summed E-state index contributed by atoms with van der Waals surface area (Å²) >= 11 is 0. The third kappa shape index (κ3) is 6.32. The molecular weight excluding hydrogens is 433 g/mol. The van der Waals surface area contributed by atoms with E-state index in [1.54, 1.807) is 39.0 Å². The molecule has 0 aromatic heterocycles. The number of fused-ring (bicyclic) bond motifs is 1. The zero-order chi connectivity index (χ0) is 25.0. The number of aliphatic hydroxyl groups excluding tert-OH is 1. The molecule has 1 N–H and O–H groups in total. The first-order valence-corrected chi connectivity index (χ1v) is 11.7. The van der Waals surface area contributed by atoms with E-state index in [0.29, 0.717) is 0 Å². The summed E-state index contributed by atoms with van der Waals surface area (Å²) in [5.41, 5.74) is 2.54. The van der Waals surface area contributed by atoms with Crippen LogP contribution in [-0.2, 0) is 14.3 Å². The number of hydrogen-bond acceptors (Lipinski definition) is 5. The van der Waals surface area contributed by atoms with Gasteiger partial charge in [0.1, 0.15) is 23.6 Å². The summed E-state index contributed by atoms with van der Waals surface area (Å²) in [5, 5.41) is 10.5. The molecule has 0 spiro atoms. The predicted molar refractivity (Wildman–Crippen MR) is 131 cm³/mol. The molecule has 0 saturated heterocycles. The number of aliphatic hydroxyl groups is 1. The maximum atomic E-state index is 13.6. The minimum absolute atomic E-state index is 0.0554. The summed E-state index contributed by atoms with van der Waals surface area (Å²) in [6.45, 7) is 9.43. The van der Waals surface area contributed by atoms with Gasteiger partial charge in [-0.25, -0.2) is 4.39 Å². The average Bonchev–Trinajstić information content (AvgIpc) is 3.05. The lowest BCUT2D eigenvalue weighted by Crippen LogP contribution is -2.38. The number of ketones is 1. The van der Waals surface area contributed by atoms with E-state index in [0.717, 1.165) is 16.8 Å². The highest BCUT2D eigenvalue weighted by atomic mass is 19.1. The number of hydrogen-bond donors (Lipinski definition) is 1. The summed E-state index contributed by atoms with van der Waals surface area (Å²) in [6.07, 6.45) is 1.97. The van der Waals surface area contributed by atoms with Gasteiger partial charge in [0.25, 0.3) is 0 Å². The number of anilines is 1. The third-order valence-corrected chi connectivity index (χ3v) is 5.73. The Kier molecular flexibility index (Phi) is 7.93. The van der Waals surface area contributed by atoms with Crippen LogP contribution in [0.2, 0.25) is 0 Å². The van der Waals surface area contributed by atoms with Gasteiger partial charge in [-0.3, -0.25) is 9.59 Å². The van der Waals surface area contributed by atoms with Crippen molar-refractivity contribution in [3.05, 3.63) is 77.6 Å². The number of carbonyl (C=O) groups is 2. The van der Waals surface area contributed by atoms with E-state index < -0.39 is 17.7 Å². The number of Topliss-reactive ketones (excluding diaryl/α,β-unsaturated/α-hetero) is 1. The second-order valence-corrected chi connectivity index (χ2v) is 10.0. The van der Waals surface area contributed by atoms with E-state index in [1.807, 2.05) is 18.2 Å². The predicted octanol–water partition coefficient (Wildman–Crippen LogP) is 5.16. The average molecular weight is 468 g/mol. The highest BCUT2D eigenvalue weighted by Gasteiger charge is 2.39. The van der Waals surface area contributed by atoms with E-state index in [2.05, 4.69) is 30.9 Å². The quantitative estimate of drug-likeness (QED) is 0.330. The van der Waals surface area contributed by atoms with E-state index >= 15 is 0 Å². The number of rotatable bonds is 8. The highest BCUT2D eigenvalue weighted by molar-refractivity contribution is 5.95. The van der Waals surface area contributed by atoms with Gasteiger partial charge < -0.3 is 14.7 Å². The van der Waals surface area contributed by atoms with Crippen LogP contribution in [0.3, 0.4) is 0 Å². The summed E-state index contributed by atoms with van der Waals surface area (Å²) in [6, 6.07) is 14.7. The molecule has 3 unspecified atom stereocenters. The number of para-hydroxylation sites is 1. The van der Waals surface area contributed by atoms with Crippen molar-refractivity contribution >= 4 is 17.4 Å². The van der Waals surface area contributed by atoms with Crippen LogP contribution in [0.4, 0.5) is 10.1 Å². The fourth-order valence-electron chi connectivity index (χ4n) is 4.52. The largest absolute Gasteiger partial charge is 0.460 e. The molecule has 0 saturated carbocycles. The van der Waals surface area contributed by atoms with Crippen LogP contribution < -0.4 is 4.90 Å². The molecule has 0 amide bonds. The zero-order valence-electron chi connectivity index (χ0n) is 20.5. The number of carbonyl (C=O) groups excluding carboxylic acids is 2. The molecule has 1 aliphatic rings. The Labute approximate surface area is 201 Å². The molecule has 3 rings (SSSR count). The van der Waals surface area contributed by atoms with Gasteiger partial charge in [-0.05, 0) is 63.9 Å². The number of esters is 1. The topological polar surface area (TPSA) is 66.8 Å². The van der Waals surface area contributed by atoms with Crippen LogP contribution in [0.25, 0.3) is 0 Å². The maximum Gasteiger partial charge on any atom is 0.313 e. The molecule has 6 heteroatoms. The fraction of sp³-hybridized carbons (Fsp3) is 0.429. The summed E-state index contributed by atoms with van der Waals surface area (Å²) in [4.78, 5) is 26.5. The molecule has 182 valence electrons. The standard InChI is InChI=1S/C28H34FNO4/c1-18(2)30-24-9-7-6-8-23(24)27(19-10-12-20(29)13-11-19)25(30)15-14-21(31)16-22(32)17-26(33)34-28(3,4)5/h6-15,18,21,25,27,31H,16-17H2,1-5H3. The Morgan fingerprint density at radius 3 is 2.38 bits per heavy atom.